The van der Waals surface area contributed by atoms with Crippen LogP contribution in [0.15, 0.2) is 54.6 Å². The average Bonchev–Trinajstić information content (AvgIpc) is 2.77. The summed E-state index contributed by atoms with van der Waals surface area (Å²) in [6.07, 6.45) is 0.989. The number of benzene rings is 2. The number of nitrogens with zero attached hydrogens (tertiary/aromatic N) is 1. The molecule has 1 aliphatic rings. The van der Waals surface area contributed by atoms with Crippen molar-refractivity contribution in [3.05, 3.63) is 65.7 Å². The number of para-hydroxylation sites is 1. The maximum Gasteiger partial charge on any atom is 0.258 e. The van der Waals surface area contributed by atoms with Crippen LogP contribution in [0, 0.1) is 0 Å². The molecule has 0 aromatic heterocycles. The number of carbonyl (C=O) groups is 2. The van der Waals surface area contributed by atoms with Gasteiger partial charge in [-0.15, -0.1) is 0 Å². The fourth-order valence-corrected chi connectivity index (χ4v) is 3.27. The largest absolute Gasteiger partial charge is 0.484 e. The van der Waals surface area contributed by atoms with Gasteiger partial charge in [-0.1, -0.05) is 49.4 Å². The zero-order valence-corrected chi connectivity index (χ0v) is 16.2. The van der Waals surface area contributed by atoms with Crippen LogP contribution in [-0.2, 0) is 16.0 Å². The topological polar surface area (TPSA) is 70.7 Å². The van der Waals surface area contributed by atoms with Gasteiger partial charge >= 0.3 is 0 Å². The van der Waals surface area contributed by atoms with E-state index >= 15 is 0 Å². The van der Waals surface area contributed by atoms with E-state index in [4.69, 9.17) is 4.74 Å². The Hall–Kier alpha value is -2.86. The molecule has 1 aliphatic heterocycles. The van der Waals surface area contributed by atoms with Crippen molar-refractivity contribution in [3.63, 3.8) is 0 Å². The number of nitrogens with one attached hydrogen (secondary N) is 2. The van der Waals surface area contributed by atoms with Gasteiger partial charge in [0.15, 0.2) is 6.61 Å². The Balaban J connectivity index is 1.53. The van der Waals surface area contributed by atoms with E-state index in [1.165, 1.54) is 5.56 Å². The van der Waals surface area contributed by atoms with Gasteiger partial charge in [0.05, 0.1) is 12.6 Å². The van der Waals surface area contributed by atoms with Crippen molar-refractivity contribution in [3.8, 4) is 5.75 Å². The summed E-state index contributed by atoms with van der Waals surface area (Å²) in [6, 6.07) is 17.5. The monoisotopic (exact) mass is 381 g/mol. The van der Waals surface area contributed by atoms with Crippen LogP contribution in [-0.4, -0.2) is 49.5 Å². The molecule has 0 bridgehead atoms. The van der Waals surface area contributed by atoms with Gasteiger partial charge in [0.25, 0.3) is 5.91 Å². The molecule has 6 heteroatoms. The molecule has 1 heterocycles. The number of hydrogen-bond donors (Lipinski definition) is 2. The molecule has 1 atom stereocenters. The fourth-order valence-electron chi connectivity index (χ4n) is 3.27. The summed E-state index contributed by atoms with van der Waals surface area (Å²) in [7, 11) is 0. The first kappa shape index (κ1) is 19.9. The molecule has 28 heavy (non-hydrogen) atoms. The Morgan fingerprint density at radius 3 is 2.61 bits per heavy atom. The quantitative estimate of drug-likeness (QED) is 0.769. The number of aryl methyl sites for hydroxylation is 1. The van der Waals surface area contributed by atoms with Crippen molar-refractivity contribution in [1.29, 1.82) is 0 Å². The predicted octanol–water partition coefficient (Wildman–Crippen LogP) is 1.92. The molecule has 148 valence electrons. The van der Waals surface area contributed by atoms with Crippen LogP contribution in [0.25, 0.3) is 0 Å². The highest BCUT2D eigenvalue weighted by Gasteiger charge is 2.27. The molecule has 2 N–H and O–H groups in total. The SMILES string of the molecule is CCc1ccc(C2CNCCN2C(=O)CNC(=O)COc2ccccc2)cc1. The standard InChI is InChI=1S/C22H27N3O3/c1-2-17-8-10-18(11-9-17)20-14-23-12-13-25(20)22(27)15-24-21(26)16-28-19-6-4-3-5-7-19/h3-11,20,23H,2,12-16H2,1H3,(H,24,26). The summed E-state index contributed by atoms with van der Waals surface area (Å²) in [6.45, 7) is 4.07. The Labute approximate surface area is 165 Å². The van der Waals surface area contributed by atoms with Crippen molar-refractivity contribution >= 4 is 11.8 Å². The molecule has 6 nitrogen and oxygen atoms in total. The van der Waals surface area contributed by atoms with Crippen LogP contribution in [0.1, 0.15) is 24.1 Å². The lowest BCUT2D eigenvalue weighted by atomic mass is 10.0. The second-order valence-electron chi connectivity index (χ2n) is 6.78. The molecule has 0 radical (unpaired) electrons. The lowest BCUT2D eigenvalue weighted by Crippen LogP contribution is -2.51. The van der Waals surface area contributed by atoms with E-state index in [-0.39, 0.29) is 31.0 Å². The smallest absolute Gasteiger partial charge is 0.258 e. The van der Waals surface area contributed by atoms with Crippen LogP contribution in [0.2, 0.25) is 0 Å². The Bertz CT molecular complexity index is 777. The maximum absolute atomic E-state index is 12.7. The highest BCUT2D eigenvalue weighted by Crippen LogP contribution is 2.22. The van der Waals surface area contributed by atoms with Crippen LogP contribution in [0.3, 0.4) is 0 Å². The zero-order valence-electron chi connectivity index (χ0n) is 16.2. The molecule has 1 unspecified atom stereocenters. The van der Waals surface area contributed by atoms with Gasteiger partial charge in [-0.3, -0.25) is 9.59 Å². The van der Waals surface area contributed by atoms with E-state index in [2.05, 4.69) is 41.8 Å². The summed E-state index contributed by atoms with van der Waals surface area (Å²) in [5.74, 6) is 0.233. The number of rotatable bonds is 7. The predicted molar refractivity (Wildman–Crippen MR) is 108 cm³/mol. The van der Waals surface area contributed by atoms with Crippen LogP contribution in [0.4, 0.5) is 0 Å². The zero-order chi connectivity index (χ0) is 19.8. The van der Waals surface area contributed by atoms with E-state index in [1.54, 1.807) is 12.1 Å². The Kier molecular flexibility index (Phi) is 7.03. The van der Waals surface area contributed by atoms with E-state index in [0.29, 0.717) is 18.8 Å². The third-order valence-electron chi connectivity index (χ3n) is 4.89. The normalized spacial score (nSPS) is 16.5. The molecular weight excluding hydrogens is 354 g/mol. The van der Waals surface area contributed by atoms with Gasteiger partial charge in [-0.2, -0.15) is 0 Å². The third kappa shape index (κ3) is 5.33. The molecule has 1 fully saturated rings. The lowest BCUT2D eigenvalue weighted by molar-refractivity contribution is -0.136. The first-order valence-electron chi connectivity index (χ1n) is 9.71. The summed E-state index contributed by atoms with van der Waals surface area (Å²) in [5, 5.41) is 6.01. The van der Waals surface area contributed by atoms with Crippen LogP contribution in [0.5, 0.6) is 5.75 Å². The molecule has 0 aliphatic carbocycles. The Morgan fingerprint density at radius 1 is 1.14 bits per heavy atom. The average molecular weight is 381 g/mol. The second kappa shape index (κ2) is 9.90. The van der Waals surface area contributed by atoms with Gasteiger partial charge < -0.3 is 20.3 Å². The number of amides is 2. The van der Waals surface area contributed by atoms with Crippen molar-refractivity contribution in [2.45, 2.75) is 19.4 Å². The van der Waals surface area contributed by atoms with Crippen molar-refractivity contribution in [1.82, 2.24) is 15.5 Å². The summed E-state index contributed by atoms with van der Waals surface area (Å²) >= 11 is 0. The summed E-state index contributed by atoms with van der Waals surface area (Å²) in [4.78, 5) is 26.6. The summed E-state index contributed by atoms with van der Waals surface area (Å²) < 4.78 is 5.41. The van der Waals surface area contributed by atoms with Gasteiger partial charge in [-0.05, 0) is 29.7 Å². The van der Waals surface area contributed by atoms with Gasteiger partial charge in [0.1, 0.15) is 5.75 Å². The maximum atomic E-state index is 12.7. The van der Waals surface area contributed by atoms with E-state index in [1.807, 2.05) is 23.1 Å². The second-order valence-corrected chi connectivity index (χ2v) is 6.78. The van der Waals surface area contributed by atoms with E-state index in [9.17, 15) is 9.59 Å². The number of carbonyl (C=O) groups excluding carboxylic acids is 2. The number of piperazine rings is 1. The molecule has 2 aromatic rings. The van der Waals surface area contributed by atoms with Crippen LogP contribution >= 0.6 is 0 Å². The lowest BCUT2D eigenvalue weighted by Gasteiger charge is -2.36. The van der Waals surface area contributed by atoms with Crippen molar-refractivity contribution in [2.24, 2.45) is 0 Å². The van der Waals surface area contributed by atoms with Crippen LogP contribution < -0.4 is 15.4 Å². The molecule has 0 saturated carbocycles. The minimum Gasteiger partial charge on any atom is -0.484 e. The molecule has 0 spiro atoms. The molecule has 1 saturated heterocycles. The number of hydrogen-bond acceptors (Lipinski definition) is 4. The highest BCUT2D eigenvalue weighted by atomic mass is 16.5. The first-order chi connectivity index (χ1) is 13.7. The van der Waals surface area contributed by atoms with Gasteiger partial charge in [0.2, 0.25) is 5.91 Å². The molecule has 2 aromatic carbocycles. The fraction of sp³-hybridized carbons (Fsp3) is 0.364. The summed E-state index contributed by atoms with van der Waals surface area (Å²) in [5.41, 5.74) is 2.38. The van der Waals surface area contributed by atoms with Gasteiger partial charge in [0, 0.05) is 19.6 Å². The van der Waals surface area contributed by atoms with E-state index < -0.39 is 0 Å². The molecule has 3 rings (SSSR count). The van der Waals surface area contributed by atoms with E-state index in [0.717, 1.165) is 18.5 Å². The van der Waals surface area contributed by atoms with Gasteiger partial charge in [-0.25, -0.2) is 0 Å². The van der Waals surface area contributed by atoms with Crippen molar-refractivity contribution in [2.75, 3.05) is 32.8 Å². The Morgan fingerprint density at radius 2 is 1.89 bits per heavy atom. The number of ether oxygens (including phenoxy) is 1. The highest BCUT2D eigenvalue weighted by molar-refractivity contribution is 5.85. The van der Waals surface area contributed by atoms with Crippen molar-refractivity contribution < 1.29 is 14.3 Å². The minimum absolute atomic E-state index is 0.0235. The first-order valence-corrected chi connectivity index (χ1v) is 9.71. The molecular formula is C22H27N3O3. The third-order valence-corrected chi connectivity index (χ3v) is 4.89. The molecule has 2 amide bonds. The minimum atomic E-state index is -0.309.